The minimum Gasteiger partial charge on any atom is -0.368 e. The van der Waals surface area contributed by atoms with E-state index >= 15 is 0 Å². The molecule has 158 valence electrons. The van der Waals surface area contributed by atoms with E-state index in [2.05, 4.69) is 52.5 Å². The smallest absolute Gasteiger partial charge is 0.0607 e. The Morgan fingerprint density at radius 1 is 1.13 bits per heavy atom. The maximum absolute atomic E-state index is 4.77. The molecule has 1 aromatic carbocycles. The van der Waals surface area contributed by atoms with E-state index in [4.69, 9.17) is 4.98 Å². The van der Waals surface area contributed by atoms with Gasteiger partial charge in [0.05, 0.1) is 11.7 Å². The van der Waals surface area contributed by atoms with Gasteiger partial charge in [-0.1, -0.05) is 18.2 Å². The first-order valence-electron chi connectivity index (χ1n) is 12.0. The quantitative estimate of drug-likeness (QED) is 0.835. The van der Waals surface area contributed by atoms with E-state index in [0.717, 1.165) is 31.5 Å². The second-order valence-corrected chi connectivity index (χ2v) is 10.1. The normalized spacial score (nSPS) is 29.9. The van der Waals surface area contributed by atoms with Crippen LogP contribution in [0.2, 0.25) is 0 Å². The average molecular weight is 403 g/mol. The monoisotopic (exact) mass is 402 g/mol. The van der Waals surface area contributed by atoms with Crippen molar-refractivity contribution < 1.29 is 0 Å². The number of pyridine rings is 1. The van der Waals surface area contributed by atoms with Crippen molar-refractivity contribution >= 4 is 5.69 Å². The average Bonchev–Trinajstić information content (AvgIpc) is 3.42. The lowest BCUT2D eigenvalue weighted by atomic mass is 9.89. The molecule has 2 fully saturated rings. The van der Waals surface area contributed by atoms with Crippen molar-refractivity contribution in [1.82, 2.24) is 15.2 Å². The van der Waals surface area contributed by atoms with Gasteiger partial charge >= 0.3 is 0 Å². The van der Waals surface area contributed by atoms with E-state index in [1.165, 1.54) is 61.9 Å². The molecule has 1 saturated heterocycles. The highest BCUT2D eigenvalue weighted by Crippen LogP contribution is 2.42. The lowest BCUT2D eigenvalue weighted by Gasteiger charge is -2.38. The number of fused-ring (bicyclic) bond motifs is 4. The van der Waals surface area contributed by atoms with Crippen LogP contribution in [0.25, 0.3) is 0 Å². The zero-order chi connectivity index (χ0) is 20.1. The fourth-order valence-electron chi connectivity index (χ4n) is 6.70. The highest BCUT2D eigenvalue weighted by atomic mass is 15.2. The van der Waals surface area contributed by atoms with Crippen molar-refractivity contribution in [2.24, 2.45) is 5.92 Å². The van der Waals surface area contributed by atoms with Crippen LogP contribution in [-0.2, 0) is 19.4 Å². The predicted octanol–water partition coefficient (Wildman–Crippen LogP) is 4.09. The molecule has 30 heavy (non-hydrogen) atoms. The molecule has 3 heterocycles. The Morgan fingerprint density at radius 2 is 2.07 bits per heavy atom. The summed E-state index contributed by atoms with van der Waals surface area (Å²) >= 11 is 0. The van der Waals surface area contributed by atoms with Crippen LogP contribution < -0.4 is 10.2 Å². The van der Waals surface area contributed by atoms with Crippen molar-refractivity contribution in [3.05, 3.63) is 58.9 Å². The molecular formula is C26H34N4. The Kier molecular flexibility index (Phi) is 4.80. The van der Waals surface area contributed by atoms with E-state index < -0.39 is 0 Å². The topological polar surface area (TPSA) is 31.4 Å². The van der Waals surface area contributed by atoms with E-state index in [1.807, 2.05) is 6.20 Å². The molecule has 0 spiro atoms. The number of rotatable bonds is 4. The third-order valence-corrected chi connectivity index (χ3v) is 8.20. The van der Waals surface area contributed by atoms with E-state index in [1.54, 1.807) is 11.3 Å². The van der Waals surface area contributed by atoms with Crippen LogP contribution >= 0.6 is 0 Å². The SMILES string of the molecule is CN(C[C@H]1Cc2c(cccc2N2C[C@@H]3CC[C@H]2C3)CN1)[C@H]1CCCc2cccnc21. The van der Waals surface area contributed by atoms with Gasteiger partial charge in [-0.15, -0.1) is 0 Å². The second-order valence-electron chi connectivity index (χ2n) is 10.1. The van der Waals surface area contributed by atoms with Crippen LogP contribution in [0.15, 0.2) is 36.5 Å². The number of hydrogen-bond acceptors (Lipinski definition) is 4. The second kappa shape index (κ2) is 7.65. The van der Waals surface area contributed by atoms with Gasteiger partial charge in [0.15, 0.2) is 0 Å². The van der Waals surface area contributed by atoms with Gasteiger partial charge < -0.3 is 10.2 Å². The van der Waals surface area contributed by atoms with Crippen LogP contribution in [0.5, 0.6) is 0 Å². The van der Waals surface area contributed by atoms with Gasteiger partial charge in [-0.25, -0.2) is 0 Å². The number of hydrogen-bond donors (Lipinski definition) is 1. The van der Waals surface area contributed by atoms with Crippen LogP contribution in [-0.4, -0.2) is 42.1 Å². The molecule has 1 N–H and O–H groups in total. The number of anilines is 1. The molecule has 1 aromatic heterocycles. The summed E-state index contributed by atoms with van der Waals surface area (Å²) < 4.78 is 0. The largest absolute Gasteiger partial charge is 0.368 e. The van der Waals surface area contributed by atoms with Crippen LogP contribution in [0, 0.1) is 5.92 Å². The molecule has 4 heteroatoms. The number of benzene rings is 1. The Labute approximate surface area is 180 Å². The maximum atomic E-state index is 4.77. The summed E-state index contributed by atoms with van der Waals surface area (Å²) in [6.45, 7) is 3.37. The summed E-state index contributed by atoms with van der Waals surface area (Å²) in [6, 6.07) is 13.1. The van der Waals surface area contributed by atoms with E-state index in [9.17, 15) is 0 Å². The van der Waals surface area contributed by atoms with Gasteiger partial charge in [-0.05, 0) is 86.7 Å². The molecule has 0 radical (unpaired) electrons. The molecule has 0 amide bonds. The molecule has 4 atom stereocenters. The summed E-state index contributed by atoms with van der Waals surface area (Å²) in [4.78, 5) is 10.1. The van der Waals surface area contributed by atoms with Crippen LogP contribution in [0.3, 0.4) is 0 Å². The number of nitrogens with zero attached hydrogens (tertiary/aromatic N) is 3. The van der Waals surface area contributed by atoms with Gasteiger partial charge in [-0.2, -0.15) is 0 Å². The zero-order valence-electron chi connectivity index (χ0n) is 18.2. The molecule has 2 aliphatic carbocycles. The summed E-state index contributed by atoms with van der Waals surface area (Å²) in [5, 5.41) is 3.84. The maximum Gasteiger partial charge on any atom is 0.0607 e. The highest BCUT2D eigenvalue weighted by molar-refractivity contribution is 5.59. The summed E-state index contributed by atoms with van der Waals surface area (Å²) in [5.41, 5.74) is 7.44. The van der Waals surface area contributed by atoms with Gasteiger partial charge in [0, 0.05) is 43.6 Å². The predicted molar refractivity (Wildman–Crippen MR) is 122 cm³/mol. The minimum atomic E-state index is 0.461. The number of nitrogens with one attached hydrogen (secondary N) is 1. The van der Waals surface area contributed by atoms with E-state index in [0.29, 0.717) is 12.1 Å². The van der Waals surface area contributed by atoms with Gasteiger partial charge in [0.1, 0.15) is 0 Å². The molecule has 2 aliphatic heterocycles. The summed E-state index contributed by atoms with van der Waals surface area (Å²) in [6.07, 6.45) is 11.1. The molecule has 2 bridgehead atoms. The number of likely N-dealkylation sites (N-methyl/N-ethyl adjacent to an activating group) is 1. The van der Waals surface area contributed by atoms with Gasteiger partial charge in [0.25, 0.3) is 0 Å². The van der Waals surface area contributed by atoms with Crippen LogP contribution in [0.4, 0.5) is 5.69 Å². The van der Waals surface area contributed by atoms with Gasteiger partial charge in [0.2, 0.25) is 0 Å². The fourth-order valence-corrected chi connectivity index (χ4v) is 6.70. The molecule has 0 unspecified atom stereocenters. The molecule has 1 saturated carbocycles. The van der Waals surface area contributed by atoms with Crippen molar-refractivity contribution in [3.8, 4) is 0 Å². The Hall–Kier alpha value is -1.91. The number of piperidine rings is 1. The minimum absolute atomic E-state index is 0.461. The lowest BCUT2D eigenvalue weighted by Crippen LogP contribution is -2.45. The number of aryl methyl sites for hydroxylation is 1. The van der Waals surface area contributed by atoms with Gasteiger partial charge in [-0.3, -0.25) is 9.88 Å². The molecule has 6 rings (SSSR count). The highest BCUT2D eigenvalue weighted by Gasteiger charge is 2.39. The fraction of sp³-hybridized carbons (Fsp3) is 0.577. The van der Waals surface area contributed by atoms with Crippen LogP contribution in [0.1, 0.15) is 60.5 Å². The first-order valence-corrected chi connectivity index (χ1v) is 12.0. The summed E-state index contributed by atoms with van der Waals surface area (Å²) in [5.74, 6) is 0.938. The third-order valence-electron chi connectivity index (χ3n) is 8.20. The Morgan fingerprint density at radius 3 is 2.93 bits per heavy atom. The first-order chi connectivity index (χ1) is 14.8. The lowest BCUT2D eigenvalue weighted by molar-refractivity contribution is 0.191. The van der Waals surface area contributed by atoms with Crippen molar-refractivity contribution in [2.45, 2.75) is 69.6 Å². The Balaban J connectivity index is 1.20. The first kappa shape index (κ1) is 18.8. The summed E-state index contributed by atoms with van der Waals surface area (Å²) in [7, 11) is 2.30. The Bertz CT molecular complexity index is 925. The number of aromatic nitrogens is 1. The molecule has 4 nitrogen and oxygen atoms in total. The van der Waals surface area contributed by atoms with Crippen molar-refractivity contribution in [1.29, 1.82) is 0 Å². The van der Waals surface area contributed by atoms with Crippen molar-refractivity contribution in [2.75, 3.05) is 25.0 Å². The third kappa shape index (κ3) is 3.25. The standard InChI is InChI=1S/C26H34N4/c1-29(25-9-2-5-19-7-4-12-27-26(19)25)17-21-14-23-20(15-28-21)6-3-8-24(23)30-16-18-10-11-22(30)13-18/h3-4,6-8,12,18,21-22,25,28H,2,5,9-11,13-17H2,1H3/t18-,21-,22+,25+/m1/s1. The molecule has 2 aromatic rings. The molecular weight excluding hydrogens is 368 g/mol. The van der Waals surface area contributed by atoms with E-state index in [-0.39, 0.29) is 0 Å². The zero-order valence-corrected chi connectivity index (χ0v) is 18.2. The molecule has 4 aliphatic rings. The van der Waals surface area contributed by atoms with Crippen molar-refractivity contribution in [3.63, 3.8) is 0 Å².